The van der Waals surface area contributed by atoms with Crippen molar-refractivity contribution in [1.29, 1.82) is 0 Å². The fraction of sp³-hybridized carbons (Fsp3) is 0.391. The Morgan fingerprint density at radius 3 is 2.47 bits per heavy atom. The summed E-state index contributed by atoms with van der Waals surface area (Å²) in [6, 6.07) is 10.2. The van der Waals surface area contributed by atoms with E-state index in [0.717, 1.165) is 12.1 Å². The van der Waals surface area contributed by atoms with Gasteiger partial charge in [0.1, 0.15) is 11.4 Å². The van der Waals surface area contributed by atoms with Gasteiger partial charge in [0.05, 0.1) is 18.8 Å². The number of likely N-dealkylation sites (N-methyl/N-ethyl adjacent to an activating group) is 1. The van der Waals surface area contributed by atoms with Gasteiger partial charge in [0.2, 0.25) is 0 Å². The lowest BCUT2D eigenvalue weighted by Gasteiger charge is -2.46. The zero-order valence-corrected chi connectivity index (χ0v) is 17.4. The second kappa shape index (κ2) is 6.96. The number of carbonyl (C=O) groups excluding carboxylic acids is 1. The number of rotatable bonds is 1. The number of guanidine groups is 1. The summed E-state index contributed by atoms with van der Waals surface area (Å²) in [4.78, 5) is 19.3. The first kappa shape index (κ1) is 20.8. The molecule has 2 spiro atoms. The molecule has 168 valence electrons. The van der Waals surface area contributed by atoms with Crippen LogP contribution in [-0.4, -0.2) is 42.6 Å². The maximum atomic E-state index is 13.4. The molecule has 1 unspecified atom stereocenters. The SMILES string of the molecule is CN1C(=O)C2(CC3(CCOCC3)Oc3ccc(-c4cccc(C(F)(F)F)c4)cc32)N=C1N. The van der Waals surface area contributed by atoms with Crippen molar-refractivity contribution in [1.82, 2.24) is 4.90 Å². The molecule has 0 radical (unpaired) electrons. The topological polar surface area (TPSA) is 77.2 Å². The molecule has 3 aliphatic rings. The van der Waals surface area contributed by atoms with E-state index in [1.165, 1.54) is 11.0 Å². The van der Waals surface area contributed by atoms with E-state index in [4.69, 9.17) is 15.2 Å². The molecular formula is C23H22F3N3O3. The van der Waals surface area contributed by atoms with E-state index in [0.29, 0.717) is 54.9 Å². The first-order chi connectivity index (χ1) is 15.1. The van der Waals surface area contributed by atoms with Crippen LogP contribution in [0.5, 0.6) is 5.75 Å². The minimum atomic E-state index is -4.45. The Kier molecular flexibility index (Phi) is 4.53. The summed E-state index contributed by atoms with van der Waals surface area (Å²) >= 11 is 0. The molecule has 2 aromatic carbocycles. The molecule has 1 fully saturated rings. The average Bonchev–Trinajstić information content (AvgIpc) is 2.97. The van der Waals surface area contributed by atoms with E-state index < -0.39 is 22.9 Å². The lowest BCUT2D eigenvalue weighted by Crippen LogP contribution is -2.53. The molecule has 9 heteroatoms. The van der Waals surface area contributed by atoms with Crippen LogP contribution < -0.4 is 10.5 Å². The van der Waals surface area contributed by atoms with Gasteiger partial charge in [-0.25, -0.2) is 4.99 Å². The molecule has 0 aromatic heterocycles. The van der Waals surface area contributed by atoms with Crippen LogP contribution in [0.1, 0.15) is 30.4 Å². The quantitative estimate of drug-likeness (QED) is 0.727. The van der Waals surface area contributed by atoms with E-state index in [9.17, 15) is 18.0 Å². The van der Waals surface area contributed by atoms with Gasteiger partial charge >= 0.3 is 6.18 Å². The highest BCUT2D eigenvalue weighted by Crippen LogP contribution is 2.52. The third-order valence-electron chi connectivity index (χ3n) is 6.56. The summed E-state index contributed by atoms with van der Waals surface area (Å²) in [7, 11) is 1.57. The largest absolute Gasteiger partial charge is 0.487 e. The van der Waals surface area contributed by atoms with Gasteiger partial charge in [0.15, 0.2) is 11.5 Å². The fourth-order valence-electron chi connectivity index (χ4n) is 4.84. The van der Waals surface area contributed by atoms with Crippen LogP contribution in [0.25, 0.3) is 11.1 Å². The zero-order valence-electron chi connectivity index (χ0n) is 17.4. The Balaban J connectivity index is 1.66. The highest BCUT2D eigenvalue weighted by atomic mass is 19.4. The number of halogens is 3. The van der Waals surface area contributed by atoms with Crippen molar-refractivity contribution in [2.24, 2.45) is 10.7 Å². The van der Waals surface area contributed by atoms with E-state index >= 15 is 0 Å². The van der Waals surface area contributed by atoms with Gasteiger partial charge in [0, 0.05) is 31.9 Å². The number of nitrogens with zero attached hydrogens (tertiary/aromatic N) is 2. The molecule has 1 atom stereocenters. The van der Waals surface area contributed by atoms with Crippen LogP contribution in [0.4, 0.5) is 13.2 Å². The van der Waals surface area contributed by atoms with Crippen molar-refractivity contribution in [3.05, 3.63) is 53.6 Å². The van der Waals surface area contributed by atoms with Crippen molar-refractivity contribution >= 4 is 11.9 Å². The standard InChI is InChI=1S/C23H22F3N3O3/c1-29-19(30)22(28-20(29)27)13-21(7-9-31-10-8-21)32-18-6-5-15(12-17(18)22)14-3-2-4-16(11-14)23(24,25)26/h2-6,11-12H,7-10,13H2,1H3,(H2,27,28). The number of amides is 1. The molecule has 0 bridgehead atoms. The second-order valence-electron chi connectivity index (χ2n) is 8.56. The maximum absolute atomic E-state index is 13.4. The van der Waals surface area contributed by atoms with Crippen LogP contribution >= 0.6 is 0 Å². The highest BCUT2D eigenvalue weighted by molar-refractivity contribution is 6.07. The lowest BCUT2D eigenvalue weighted by atomic mass is 9.73. The molecule has 3 heterocycles. The normalized spacial score (nSPS) is 24.4. The summed E-state index contributed by atoms with van der Waals surface area (Å²) in [5.41, 5.74) is 4.84. The summed E-state index contributed by atoms with van der Waals surface area (Å²) in [5.74, 6) is 0.329. The van der Waals surface area contributed by atoms with Gasteiger partial charge < -0.3 is 15.2 Å². The van der Waals surface area contributed by atoms with E-state index in [2.05, 4.69) is 4.99 Å². The van der Waals surface area contributed by atoms with Crippen molar-refractivity contribution < 1.29 is 27.4 Å². The van der Waals surface area contributed by atoms with Crippen molar-refractivity contribution in [3.8, 4) is 16.9 Å². The van der Waals surface area contributed by atoms with Crippen LogP contribution in [0.15, 0.2) is 47.5 Å². The fourth-order valence-corrected chi connectivity index (χ4v) is 4.84. The molecule has 3 aliphatic heterocycles. The van der Waals surface area contributed by atoms with E-state index in [-0.39, 0.29) is 11.9 Å². The molecule has 1 amide bonds. The van der Waals surface area contributed by atoms with Gasteiger partial charge in [-0.05, 0) is 35.4 Å². The number of aliphatic imine (C=N–C) groups is 1. The molecule has 32 heavy (non-hydrogen) atoms. The maximum Gasteiger partial charge on any atom is 0.416 e. The number of hydrogen-bond donors (Lipinski definition) is 1. The van der Waals surface area contributed by atoms with Gasteiger partial charge in [-0.1, -0.05) is 18.2 Å². The molecule has 1 saturated heterocycles. The molecule has 6 nitrogen and oxygen atoms in total. The average molecular weight is 445 g/mol. The summed E-state index contributed by atoms with van der Waals surface area (Å²) in [5, 5.41) is 0. The molecule has 5 rings (SSSR count). The number of ether oxygens (including phenoxy) is 2. The van der Waals surface area contributed by atoms with E-state index in [1.54, 1.807) is 31.3 Å². The third-order valence-corrected chi connectivity index (χ3v) is 6.56. The monoisotopic (exact) mass is 445 g/mol. The Labute approximate surface area is 182 Å². The number of hydrogen-bond acceptors (Lipinski definition) is 5. The smallest absolute Gasteiger partial charge is 0.416 e. The number of nitrogens with two attached hydrogens (primary N) is 1. The first-order valence-electron chi connectivity index (χ1n) is 10.4. The number of fused-ring (bicyclic) bond motifs is 2. The van der Waals surface area contributed by atoms with Crippen LogP contribution in [0, 0.1) is 0 Å². The van der Waals surface area contributed by atoms with Crippen molar-refractivity contribution in [2.45, 2.75) is 36.6 Å². The highest BCUT2D eigenvalue weighted by Gasteiger charge is 2.58. The third kappa shape index (κ3) is 3.14. The van der Waals surface area contributed by atoms with E-state index in [1.807, 2.05) is 0 Å². The number of alkyl halides is 3. The number of benzene rings is 2. The first-order valence-corrected chi connectivity index (χ1v) is 10.4. The van der Waals surface area contributed by atoms with Gasteiger partial charge in [-0.15, -0.1) is 0 Å². The number of carbonyl (C=O) groups is 1. The zero-order chi connectivity index (χ0) is 22.7. The van der Waals surface area contributed by atoms with Crippen LogP contribution in [-0.2, 0) is 21.2 Å². The van der Waals surface area contributed by atoms with Crippen LogP contribution in [0.2, 0.25) is 0 Å². The molecule has 2 N–H and O–H groups in total. The summed E-state index contributed by atoms with van der Waals surface area (Å²) in [6.07, 6.45) is -2.94. The van der Waals surface area contributed by atoms with Gasteiger partial charge in [-0.2, -0.15) is 13.2 Å². The summed E-state index contributed by atoms with van der Waals surface area (Å²) < 4.78 is 51.6. The second-order valence-corrected chi connectivity index (χ2v) is 8.56. The molecule has 2 aromatic rings. The predicted molar refractivity (Wildman–Crippen MR) is 111 cm³/mol. The van der Waals surface area contributed by atoms with Gasteiger partial charge in [-0.3, -0.25) is 9.69 Å². The van der Waals surface area contributed by atoms with Crippen molar-refractivity contribution in [3.63, 3.8) is 0 Å². The summed E-state index contributed by atoms with van der Waals surface area (Å²) in [6.45, 7) is 1.02. The minimum Gasteiger partial charge on any atom is -0.487 e. The Morgan fingerprint density at radius 2 is 1.81 bits per heavy atom. The Bertz CT molecular complexity index is 1120. The molecule has 0 aliphatic carbocycles. The lowest BCUT2D eigenvalue weighted by molar-refractivity contribution is -0.138. The molecule has 0 saturated carbocycles. The predicted octanol–water partition coefficient (Wildman–Crippen LogP) is 3.69. The van der Waals surface area contributed by atoms with Crippen molar-refractivity contribution in [2.75, 3.05) is 20.3 Å². The minimum absolute atomic E-state index is 0.106. The Morgan fingerprint density at radius 1 is 1.09 bits per heavy atom. The van der Waals surface area contributed by atoms with Crippen LogP contribution in [0.3, 0.4) is 0 Å². The Hall–Kier alpha value is -3.07. The van der Waals surface area contributed by atoms with Gasteiger partial charge in [0.25, 0.3) is 5.91 Å². The molecular weight excluding hydrogens is 423 g/mol.